The molecule has 1 aliphatic heterocycles. The normalized spacial score (nSPS) is 17.1. The molecule has 1 saturated heterocycles. The maximum absolute atomic E-state index is 9.34. The number of aryl methyl sites for hydroxylation is 1. The summed E-state index contributed by atoms with van der Waals surface area (Å²) >= 11 is 0. The number of nitrogens with one attached hydrogen (secondary N) is 1. The molecule has 0 saturated carbocycles. The summed E-state index contributed by atoms with van der Waals surface area (Å²) in [4.78, 5) is 17.8. The Morgan fingerprint density at radius 3 is 2.77 bits per heavy atom. The van der Waals surface area contributed by atoms with Crippen molar-refractivity contribution < 1.29 is 0 Å². The van der Waals surface area contributed by atoms with E-state index in [-0.39, 0.29) is 6.04 Å². The lowest BCUT2D eigenvalue weighted by molar-refractivity contribution is 0.224. The van der Waals surface area contributed by atoms with Crippen LogP contribution in [0.15, 0.2) is 59.7 Å². The van der Waals surface area contributed by atoms with Crippen LogP contribution in [0.1, 0.15) is 19.4 Å². The highest BCUT2D eigenvalue weighted by Crippen LogP contribution is 2.24. The van der Waals surface area contributed by atoms with Crippen LogP contribution in [-0.4, -0.2) is 46.5 Å². The first-order valence-electron chi connectivity index (χ1n) is 10.6. The number of hydrogen-bond acceptors (Lipinski definition) is 5. The van der Waals surface area contributed by atoms with Crippen molar-refractivity contribution in [3.63, 3.8) is 0 Å². The van der Waals surface area contributed by atoms with Crippen LogP contribution >= 0.6 is 0 Å². The van der Waals surface area contributed by atoms with Crippen LogP contribution in [0.5, 0.6) is 0 Å². The average Bonchev–Trinajstić information content (AvgIpc) is 2.79. The Morgan fingerprint density at radius 1 is 1.16 bits per heavy atom. The number of nitriles is 1. The maximum Gasteiger partial charge on any atom is 0.214 e. The molecule has 0 spiro atoms. The Kier molecular flexibility index (Phi) is 5.99. The monoisotopic (exact) mass is 413 g/mol. The van der Waals surface area contributed by atoms with E-state index in [1.165, 1.54) is 0 Å². The van der Waals surface area contributed by atoms with Gasteiger partial charge < -0.3 is 15.1 Å². The van der Waals surface area contributed by atoms with Gasteiger partial charge in [-0.05, 0) is 48.7 Å². The first-order valence-corrected chi connectivity index (χ1v) is 10.6. The fourth-order valence-electron chi connectivity index (χ4n) is 4.02. The largest absolute Gasteiger partial charge is 0.353 e. The number of pyridine rings is 2. The van der Waals surface area contributed by atoms with Crippen molar-refractivity contribution in [2.45, 2.75) is 26.8 Å². The molecule has 158 valence electrons. The summed E-state index contributed by atoms with van der Waals surface area (Å²) in [6, 6.07) is 16.3. The summed E-state index contributed by atoms with van der Waals surface area (Å²) in [6.07, 6.45) is 3.75. The van der Waals surface area contributed by atoms with Crippen LogP contribution in [0.25, 0.3) is 11.0 Å². The van der Waals surface area contributed by atoms with E-state index in [9.17, 15) is 5.26 Å². The number of aromatic nitrogens is 2. The van der Waals surface area contributed by atoms with Crippen molar-refractivity contribution in [3.05, 3.63) is 60.3 Å². The Balaban J connectivity index is 1.59. The fourth-order valence-corrected chi connectivity index (χ4v) is 4.02. The number of hydrogen-bond donors (Lipinski definition) is 1. The molecule has 7 heteroatoms. The first kappa shape index (κ1) is 20.6. The molecule has 1 unspecified atom stereocenters. The molecule has 1 aromatic carbocycles. The molecule has 0 aliphatic carbocycles. The summed E-state index contributed by atoms with van der Waals surface area (Å²) in [5, 5.41) is 13.8. The Hall–Kier alpha value is -3.66. The van der Waals surface area contributed by atoms with Crippen molar-refractivity contribution in [1.82, 2.24) is 14.9 Å². The first-order chi connectivity index (χ1) is 15.1. The Bertz CT molecular complexity index is 1130. The van der Waals surface area contributed by atoms with Crippen LogP contribution in [0.3, 0.4) is 0 Å². The maximum atomic E-state index is 9.34. The molecule has 3 aromatic rings. The van der Waals surface area contributed by atoms with Gasteiger partial charge in [0.1, 0.15) is 5.82 Å². The number of guanidine groups is 1. The van der Waals surface area contributed by atoms with Gasteiger partial charge in [-0.15, -0.1) is 4.99 Å². The van der Waals surface area contributed by atoms with E-state index in [0.717, 1.165) is 47.7 Å². The molecular formula is C24H27N7. The van der Waals surface area contributed by atoms with Gasteiger partial charge in [0.05, 0.1) is 6.04 Å². The van der Waals surface area contributed by atoms with Crippen molar-refractivity contribution in [2.75, 3.05) is 29.9 Å². The number of rotatable bonds is 3. The fraction of sp³-hybridized carbons (Fsp3) is 0.333. The number of para-hydroxylation sites is 1. The van der Waals surface area contributed by atoms with E-state index in [0.29, 0.717) is 11.9 Å². The number of nitrogens with zero attached hydrogens (tertiary/aromatic N) is 6. The molecular weight excluding hydrogens is 386 g/mol. The molecule has 1 aliphatic rings. The Morgan fingerprint density at radius 2 is 2.00 bits per heavy atom. The molecule has 1 fully saturated rings. The third kappa shape index (κ3) is 4.43. The summed E-state index contributed by atoms with van der Waals surface area (Å²) in [5.41, 5.74) is 2.83. The predicted octanol–water partition coefficient (Wildman–Crippen LogP) is 4.03. The summed E-state index contributed by atoms with van der Waals surface area (Å²) in [5.74, 6) is 1.90. The zero-order valence-corrected chi connectivity index (χ0v) is 18.2. The second-order valence-corrected chi connectivity index (χ2v) is 8.15. The van der Waals surface area contributed by atoms with Gasteiger partial charge >= 0.3 is 0 Å². The van der Waals surface area contributed by atoms with E-state index in [1.807, 2.05) is 49.5 Å². The van der Waals surface area contributed by atoms with Crippen LogP contribution in [0.4, 0.5) is 11.5 Å². The van der Waals surface area contributed by atoms with Gasteiger partial charge in [-0.25, -0.2) is 9.97 Å². The minimum atomic E-state index is 0.179. The lowest BCUT2D eigenvalue weighted by atomic mass is 9.99. The van der Waals surface area contributed by atoms with Crippen molar-refractivity contribution >= 4 is 28.5 Å². The highest BCUT2D eigenvalue weighted by atomic mass is 15.4. The zero-order chi connectivity index (χ0) is 21.8. The number of piperazine rings is 1. The van der Waals surface area contributed by atoms with Gasteiger partial charge in [0.2, 0.25) is 12.2 Å². The second-order valence-electron chi connectivity index (χ2n) is 8.15. The predicted molar refractivity (Wildman–Crippen MR) is 125 cm³/mol. The molecule has 0 radical (unpaired) electrons. The molecule has 0 amide bonds. The van der Waals surface area contributed by atoms with E-state index in [1.54, 1.807) is 6.20 Å². The number of anilines is 2. The molecule has 1 atom stereocenters. The summed E-state index contributed by atoms with van der Waals surface area (Å²) in [6.45, 7) is 8.77. The standard InChI is InChI=1S/C24H27N7/c1-17(2)21-15-30(22-11-10-19-8-6-12-26-23(19)29-22)13-14-31(21)24(27-16-25)28-20-9-5-4-7-18(20)3/h4-12,17,21H,13-15H2,1-3H3,(H,27,28). The topological polar surface area (TPSA) is 80.4 Å². The van der Waals surface area contributed by atoms with Crippen LogP contribution in [0, 0.1) is 24.3 Å². The van der Waals surface area contributed by atoms with Gasteiger partial charge in [-0.3, -0.25) is 0 Å². The number of aliphatic imine (C=N–C) groups is 1. The summed E-state index contributed by atoms with van der Waals surface area (Å²) in [7, 11) is 0. The van der Waals surface area contributed by atoms with Gasteiger partial charge in [0, 0.05) is 36.9 Å². The Labute approximate surface area is 183 Å². The number of fused-ring (bicyclic) bond motifs is 1. The lowest BCUT2D eigenvalue weighted by Gasteiger charge is -2.45. The molecule has 0 bridgehead atoms. The van der Waals surface area contributed by atoms with Crippen molar-refractivity contribution in [3.8, 4) is 6.19 Å². The SMILES string of the molecule is Cc1ccccc1N/C(=N\C#N)N1CCN(c2ccc3cccnc3n2)CC1C(C)C. The molecule has 3 heterocycles. The minimum absolute atomic E-state index is 0.179. The molecule has 4 rings (SSSR count). The van der Waals surface area contributed by atoms with E-state index < -0.39 is 0 Å². The average molecular weight is 414 g/mol. The lowest BCUT2D eigenvalue weighted by Crippen LogP contribution is -2.58. The molecule has 2 aromatic heterocycles. The van der Waals surface area contributed by atoms with Crippen LogP contribution < -0.4 is 10.2 Å². The van der Waals surface area contributed by atoms with Crippen molar-refractivity contribution in [1.29, 1.82) is 5.26 Å². The smallest absolute Gasteiger partial charge is 0.214 e. The molecule has 7 nitrogen and oxygen atoms in total. The van der Waals surface area contributed by atoms with Gasteiger partial charge in [0.25, 0.3) is 0 Å². The van der Waals surface area contributed by atoms with Crippen LogP contribution in [-0.2, 0) is 0 Å². The third-order valence-electron chi connectivity index (χ3n) is 5.78. The minimum Gasteiger partial charge on any atom is -0.353 e. The second kappa shape index (κ2) is 9.00. The van der Waals surface area contributed by atoms with Crippen LogP contribution in [0.2, 0.25) is 0 Å². The summed E-state index contributed by atoms with van der Waals surface area (Å²) < 4.78 is 0. The third-order valence-corrected chi connectivity index (χ3v) is 5.78. The van der Waals surface area contributed by atoms with Crippen molar-refractivity contribution in [2.24, 2.45) is 10.9 Å². The highest BCUT2D eigenvalue weighted by Gasteiger charge is 2.32. The number of benzene rings is 1. The molecule has 31 heavy (non-hydrogen) atoms. The highest BCUT2D eigenvalue weighted by molar-refractivity contribution is 5.95. The quantitative estimate of drug-likeness (QED) is 0.397. The van der Waals surface area contributed by atoms with E-state index in [2.05, 4.69) is 51.1 Å². The zero-order valence-electron chi connectivity index (χ0n) is 18.2. The van der Waals surface area contributed by atoms with E-state index >= 15 is 0 Å². The van der Waals surface area contributed by atoms with Gasteiger partial charge in [-0.1, -0.05) is 32.0 Å². The van der Waals surface area contributed by atoms with Gasteiger partial charge in [-0.2, -0.15) is 5.26 Å². The van der Waals surface area contributed by atoms with Gasteiger partial charge in [0.15, 0.2) is 5.65 Å². The van der Waals surface area contributed by atoms with E-state index in [4.69, 9.17) is 4.98 Å². The molecule has 1 N–H and O–H groups in total.